The fourth-order valence-electron chi connectivity index (χ4n) is 4.23. The molecular formula is C23H30N6O3. The predicted octanol–water partition coefficient (Wildman–Crippen LogP) is 2.40. The van der Waals surface area contributed by atoms with Gasteiger partial charge in [0.15, 0.2) is 0 Å². The van der Waals surface area contributed by atoms with Crippen molar-refractivity contribution in [1.82, 2.24) is 29.8 Å². The maximum absolute atomic E-state index is 13.0. The van der Waals surface area contributed by atoms with Gasteiger partial charge in [-0.15, -0.1) is 0 Å². The van der Waals surface area contributed by atoms with Crippen LogP contribution in [0.15, 0.2) is 24.3 Å². The zero-order valence-electron chi connectivity index (χ0n) is 19.3. The van der Waals surface area contributed by atoms with Crippen LogP contribution in [0.1, 0.15) is 27.4 Å². The van der Waals surface area contributed by atoms with Gasteiger partial charge in [-0.05, 0) is 38.1 Å². The first-order valence-electron chi connectivity index (χ1n) is 10.7. The summed E-state index contributed by atoms with van der Waals surface area (Å²) in [5, 5.41) is 11.7. The van der Waals surface area contributed by atoms with E-state index in [9.17, 15) is 4.79 Å². The third-order valence-electron chi connectivity index (χ3n) is 6.11. The van der Waals surface area contributed by atoms with Gasteiger partial charge in [0.1, 0.15) is 17.2 Å². The topological polar surface area (TPSA) is 88.5 Å². The molecule has 0 unspecified atom stereocenters. The summed E-state index contributed by atoms with van der Waals surface area (Å²) in [7, 11) is 5.24. The van der Waals surface area contributed by atoms with E-state index in [2.05, 4.69) is 20.2 Å². The molecule has 170 valence electrons. The molecule has 9 heteroatoms. The van der Waals surface area contributed by atoms with Crippen molar-refractivity contribution in [2.45, 2.75) is 20.4 Å². The largest absolute Gasteiger partial charge is 0.497 e. The minimum atomic E-state index is -0.0263. The molecule has 1 aliphatic heterocycles. The third-order valence-corrected chi connectivity index (χ3v) is 6.11. The minimum absolute atomic E-state index is 0.0263. The van der Waals surface area contributed by atoms with E-state index in [0.717, 1.165) is 59.3 Å². The number of aromatic amines is 1. The summed E-state index contributed by atoms with van der Waals surface area (Å²) >= 11 is 0. The fourth-order valence-corrected chi connectivity index (χ4v) is 4.23. The van der Waals surface area contributed by atoms with Crippen LogP contribution in [-0.4, -0.2) is 76.1 Å². The highest BCUT2D eigenvalue weighted by Gasteiger charge is 2.25. The molecule has 1 amide bonds. The van der Waals surface area contributed by atoms with Crippen LogP contribution < -0.4 is 9.47 Å². The van der Waals surface area contributed by atoms with E-state index >= 15 is 0 Å². The molecule has 1 N–H and O–H groups in total. The molecule has 3 heterocycles. The van der Waals surface area contributed by atoms with Gasteiger partial charge in [-0.2, -0.15) is 10.2 Å². The molecule has 3 aromatic rings. The summed E-state index contributed by atoms with van der Waals surface area (Å²) in [6.45, 7) is 7.59. The van der Waals surface area contributed by atoms with Gasteiger partial charge < -0.3 is 14.4 Å². The number of ether oxygens (including phenoxy) is 2. The van der Waals surface area contributed by atoms with Crippen molar-refractivity contribution in [2.75, 3.05) is 40.4 Å². The van der Waals surface area contributed by atoms with Gasteiger partial charge in [-0.1, -0.05) is 0 Å². The van der Waals surface area contributed by atoms with Crippen LogP contribution in [0.4, 0.5) is 0 Å². The van der Waals surface area contributed by atoms with Crippen LogP contribution in [0, 0.1) is 13.8 Å². The smallest absolute Gasteiger partial charge is 0.271 e. The number of piperazine rings is 1. The molecule has 0 bridgehead atoms. The van der Waals surface area contributed by atoms with Crippen molar-refractivity contribution in [3.63, 3.8) is 0 Å². The van der Waals surface area contributed by atoms with Crippen LogP contribution >= 0.6 is 0 Å². The van der Waals surface area contributed by atoms with Gasteiger partial charge in [0, 0.05) is 56.6 Å². The number of rotatable bonds is 6. The third kappa shape index (κ3) is 4.20. The molecule has 4 rings (SSSR count). The van der Waals surface area contributed by atoms with Crippen LogP contribution in [0.2, 0.25) is 0 Å². The lowest BCUT2D eigenvalue weighted by molar-refractivity contribution is 0.0621. The van der Waals surface area contributed by atoms with Crippen LogP contribution in [0.3, 0.4) is 0 Å². The van der Waals surface area contributed by atoms with Gasteiger partial charge in [0.2, 0.25) is 0 Å². The molecule has 0 spiro atoms. The van der Waals surface area contributed by atoms with Crippen molar-refractivity contribution in [3.05, 3.63) is 46.9 Å². The maximum atomic E-state index is 13.0. The summed E-state index contributed by atoms with van der Waals surface area (Å²) in [5.41, 5.74) is 5.23. The van der Waals surface area contributed by atoms with Crippen molar-refractivity contribution in [2.24, 2.45) is 7.05 Å². The molecule has 1 fully saturated rings. The number of nitrogens with one attached hydrogen (secondary N) is 1. The van der Waals surface area contributed by atoms with Crippen molar-refractivity contribution >= 4 is 5.91 Å². The average Bonchev–Trinajstić information content (AvgIpc) is 3.37. The second-order valence-electron chi connectivity index (χ2n) is 8.08. The molecule has 9 nitrogen and oxygen atoms in total. The molecule has 32 heavy (non-hydrogen) atoms. The number of aromatic nitrogens is 4. The molecule has 1 aromatic carbocycles. The highest BCUT2D eigenvalue weighted by atomic mass is 16.5. The lowest BCUT2D eigenvalue weighted by Crippen LogP contribution is -2.48. The second kappa shape index (κ2) is 9.04. The Hall–Kier alpha value is -3.33. The van der Waals surface area contributed by atoms with E-state index in [4.69, 9.17) is 9.47 Å². The minimum Gasteiger partial charge on any atom is -0.497 e. The van der Waals surface area contributed by atoms with Gasteiger partial charge >= 0.3 is 0 Å². The van der Waals surface area contributed by atoms with Crippen molar-refractivity contribution in [3.8, 4) is 22.8 Å². The van der Waals surface area contributed by atoms with Crippen molar-refractivity contribution in [1.29, 1.82) is 0 Å². The van der Waals surface area contributed by atoms with E-state index in [-0.39, 0.29) is 5.91 Å². The standard InChI is InChI=1S/C23H30N6O3/c1-15-22(16(2)27(3)26-15)19-13-20(25-24-19)23(30)29-10-8-28(9-11-29)14-17-12-18(31-4)6-7-21(17)32-5/h6-7,12-13H,8-11,14H2,1-5H3,(H,24,25). The van der Waals surface area contributed by atoms with Gasteiger partial charge in [-0.3, -0.25) is 19.5 Å². The number of carbonyl (C=O) groups is 1. The fraction of sp³-hybridized carbons (Fsp3) is 0.435. The Balaban J connectivity index is 1.40. The number of carbonyl (C=O) groups excluding carboxylic acids is 1. The Bertz CT molecular complexity index is 1110. The number of benzene rings is 1. The summed E-state index contributed by atoms with van der Waals surface area (Å²) in [6.07, 6.45) is 0. The highest BCUT2D eigenvalue weighted by Crippen LogP contribution is 2.27. The zero-order valence-corrected chi connectivity index (χ0v) is 19.3. The quantitative estimate of drug-likeness (QED) is 0.636. The Labute approximate surface area is 187 Å². The Kier molecular flexibility index (Phi) is 6.18. The number of H-pyrrole nitrogens is 1. The SMILES string of the molecule is COc1ccc(OC)c(CN2CCN(C(=O)c3cc(-c4c(C)nn(C)c4C)n[nH]3)CC2)c1. The van der Waals surface area contributed by atoms with Crippen LogP contribution in [-0.2, 0) is 13.6 Å². The Morgan fingerprint density at radius 1 is 1.09 bits per heavy atom. The van der Waals surface area contributed by atoms with E-state index in [1.54, 1.807) is 14.2 Å². The summed E-state index contributed by atoms with van der Waals surface area (Å²) in [6, 6.07) is 7.65. The van der Waals surface area contributed by atoms with E-state index in [1.807, 2.05) is 54.7 Å². The summed E-state index contributed by atoms with van der Waals surface area (Å²) in [5.74, 6) is 1.63. The lowest BCUT2D eigenvalue weighted by atomic mass is 10.1. The van der Waals surface area contributed by atoms with E-state index in [1.165, 1.54) is 0 Å². The monoisotopic (exact) mass is 438 g/mol. The predicted molar refractivity (Wildman–Crippen MR) is 121 cm³/mol. The van der Waals surface area contributed by atoms with Gasteiger partial charge in [0.05, 0.1) is 25.6 Å². The number of hydrogen-bond acceptors (Lipinski definition) is 6. The van der Waals surface area contributed by atoms with E-state index in [0.29, 0.717) is 18.8 Å². The number of methoxy groups -OCH3 is 2. The molecule has 0 radical (unpaired) electrons. The van der Waals surface area contributed by atoms with Crippen LogP contribution in [0.5, 0.6) is 11.5 Å². The Morgan fingerprint density at radius 3 is 2.47 bits per heavy atom. The molecule has 0 aliphatic carbocycles. The molecule has 1 saturated heterocycles. The summed E-state index contributed by atoms with van der Waals surface area (Å²) in [4.78, 5) is 17.2. The normalized spacial score (nSPS) is 14.6. The first-order valence-corrected chi connectivity index (χ1v) is 10.7. The first-order chi connectivity index (χ1) is 15.4. The van der Waals surface area contributed by atoms with Crippen molar-refractivity contribution < 1.29 is 14.3 Å². The zero-order chi connectivity index (χ0) is 22.8. The second-order valence-corrected chi connectivity index (χ2v) is 8.08. The summed E-state index contributed by atoms with van der Waals surface area (Å²) < 4.78 is 12.7. The Morgan fingerprint density at radius 2 is 1.84 bits per heavy atom. The molecule has 0 atom stereocenters. The van der Waals surface area contributed by atoms with Gasteiger partial charge in [0.25, 0.3) is 5.91 Å². The molecule has 1 aliphatic rings. The highest BCUT2D eigenvalue weighted by molar-refractivity contribution is 5.93. The van der Waals surface area contributed by atoms with Crippen LogP contribution in [0.25, 0.3) is 11.3 Å². The van der Waals surface area contributed by atoms with Gasteiger partial charge in [-0.25, -0.2) is 0 Å². The number of nitrogens with zero attached hydrogens (tertiary/aromatic N) is 5. The molecular weight excluding hydrogens is 408 g/mol. The average molecular weight is 439 g/mol. The van der Waals surface area contributed by atoms with E-state index < -0.39 is 0 Å². The first kappa shape index (κ1) is 21.9. The number of amides is 1. The lowest BCUT2D eigenvalue weighted by Gasteiger charge is -2.34. The number of aryl methyl sites for hydroxylation is 2. The molecule has 0 saturated carbocycles. The molecule has 2 aromatic heterocycles. The number of hydrogen-bond donors (Lipinski definition) is 1. The maximum Gasteiger partial charge on any atom is 0.271 e.